The van der Waals surface area contributed by atoms with E-state index in [2.05, 4.69) is 4.98 Å². The summed E-state index contributed by atoms with van der Waals surface area (Å²) >= 11 is 0. The van der Waals surface area contributed by atoms with Gasteiger partial charge >= 0.3 is 6.18 Å². The number of alkyl halides is 5. The molecule has 0 saturated carbocycles. The fourth-order valence-electron chi connectivity index (χ4n) is 1.45. The van der Waals surface area contributed by atoms with Gasteiger partial charge in [0, 0.05) is 23.9 Å². The van der Waals surface area contributed by atoms with Gasteiger partial charge in [-0.2, -0.15) is 13.2 Å². The van der Waals surface area contributed by atoms with Crippen LogP contribution in [-0.2, 0) is 19.3 Å². The number of hydrogen-bond acceptors (Lipinski definition) is 3. The minimum Gasteiger partial charge on any atom is -0.392 e. The molecule has 96 valence electrons. The lowest BCUT2D eigenvalue weighted by Gasteiger charge is -2.18. The number of aliphatic hydroxyl groups excluding tert-OH is 1. The maximum atomic E-state index is 12.7. The van der Waals surface area contributed by atoms with E-state index in [-0.39, 0.29) is 0 Å². The van der Waals surface area contributed by atoms with E-state index in [4.69, 9.17) is 10.8 Å². The molecule has 0 amide bonds. The van der Waals surface area contributed by atoms with E-state index in [1.165, 1.54) is 0 Å². The summed E-state index contributed by atoms with van der Waals surface area (Å²) in [6, 6.07) is 0. The fraction of sp³-hybridized carbons (Fsp3) is 0.444. The van der Waals surface area contributed by atoms with Crippen LogP contribution in [-0.4, -0.2) is 10.1 Å². The van der Waals surface area contributed by atoms with Crippen LogP contribution >= 0.6 is 0 Å². The first-order valence-electron chi connectivity index (χ1n) is 4.49. The summed E-state index contributed by atoms with van der Waals surface area (Å²) in [7, 11) is 0. The van der Waals surface area contributed by atoms with E-state index < -0.39 is 48.1 Å². The topological polar surface area (TPSA) is 59.1 Å². The molecule has 0 aliphatic heterocycles. The van der Waals surface area contributed by atoms with Crippen LogP contribution in [0.5, 0.6) is 0 Å². The lowest BCUT2D eigenvalue weighted by molar-refractivity contribution is -0.140. The minimum atomic E-state index is -4.99. The molecule has 17 heavy (non-hydrogen) atoms. The molecule has 1 aromatic heterocycles. The van der Waals surface area contributed by atoms with E-state index in [9.17, 15) is 22.0 Å². The van der Waals surface area contributed by atoms with Gasteiger partial charge in [0.15, 0.2) is 0 Å². The smallest absolute Gasteiger partial charge is 0.392 e. The molecule has 0 fully saturated rings. The molecule has 0 aromatic carbocycles. The van der Waals surface area contributed by atoms with Crippen molar-refractivity contribution in [3.8, 4) is 0 Å². The molecule has 0 saturated heterocycles. The molecule has 3 nitrogen and oxygen atoms in total. The van der Waals surface area contributed by atoms with E-state index in [0.29, 0.717) is 0 Å². The maximum absolute atomic E-state index is 12.7. The molecular formula is C9H9F5N2O. The molecule has 0 radical (unpaired) electrons. The van der Waals surface area contributed by atoms with Crippen LogP contribution in [0.1, 0.15) is 28.8 Å². The molecule has 1 heterocycles. The van der Waals surface area contributed by atoms with Crippen LogP contribution in [0, 0.1) is 0 Å². The Morgan fingerprint density at radius 3 is 2.29 bits per heavy atom. The van der Waals surface area contributed by atoms with Crippen molar-refractivity contribution in [3.05, 3.63) is 28.6 Å². The van der Waals surface area contributed by atoms with Crippen LogP contribution in [0.25, 0.3) is 0 Å². The molecule has 8 heteroatoms. The zero-order valence-electron chi connectivity index (χ0n) is 8.43. The highest BCUT2D eigenvalue weighted by Crippen LogP contribution is 2.39. The van der Waals surface area contributed by atoms with Gasteiger partial charge in [-0.1, -0.05) is 0 Å². The van der Waals surface area contributed by atoms with Gasteiger partial charge in [-0.15, -0.1) is 0 Å². The molecule has 0 atom stereocenters. The lowest BCUT2D eigenvalue weighted by Crippen LogP contribution is -2.19. The molecule has 1 rings (SSSR count). The summed E-state index contributed by atoms with van der Waals surface area (Å²) in [6.07, 6.45) is -7.57. The van der Waals surface area contributed by atoms with Crippen LogP contribution in [0.3, 0.4) is 0 Å². The monoisotopic (exact) mass is 256 g/mol. The number of aliphatic hydroxyl groups is 1. The van der Waals surface area contributed by atoms with Gasteiger partial charge in [0.05, 0.1) is 17.9 Å². The van der Waals surface area contributed by atoms with Gasteiger partial charge in [0.1, 0.15) is 0 Å². The molecule has 3 N–H and O–H groups in total. The van der Waals surface area contributed by atoms with Crippen molar-refractivity contribution in [1.29, 1.82) is 0 Å². The standard InChI is InChI=1S/C9H9F5N2O/c10-8(11)6-4(3-17)2-16-5(1-15)7(6)9(12,13)14/h2,8,17H,1,3,15H2. The second-order valence-corrected chi connectivity index (χ2v) is 3.18. The fourth-order valence-corrected chi connectivity index (χ4v) is 1.45. The highest BCUT2D eigenvalue weighted by molar-refractivity contribution is 5.39. The molecule has 0 bridgehead atoms. The van der Waals surface area contributed by atoms with Crippen molar-refractivity contribution in [2.24, 2.45) is 5.73 Å². The summed E-state index contributed by atoms with van der Waals surface area (Å²) in [5, 5.41) is 8.75. The number of aromatic nitrogens is 1. The average Bonchev–Trinajstić information content (AvgIpc) is 2.25. The third-order valence-electron chi connectivity index (χ3n) is 2.15. The van der Waals surface area contributed by atoms with Crippen LogP contribution in [0.4, 0.5) is 22.0 Å². The zero-order valence-corrected chi connectivity index (χ0v) is 8.43. The van der Waals surface area contributed by atoms with Crippen molar-refractivity contribution < 1.29 is 27.1 Å². The third kappa shape index (κ3) is 2.70. The zero-order chi connectivity index (χ0) is 13.2. The number of rotatable bonds is 3. The summed E-state index contributed by atoms with van der Waals surface area (Å²) in [6.45, 7) is -1.55. The quantitative estimate of drug-likeness (QED) is 0.813. The Balaban J connectivity index is 3.59. The first-order chi connectivity index (χ1) is 7.82. The maximum Gasteiger partial charge on any atom is 0.418 e. The molecule has 0 unspecified atom stereocenters. The van der Waals surface area contributed by atoms with Crippen molar-refractivity contribution in [1.82, 2.24) is 4.98 Å². The second-order valence-electron chi connectivity index (χ2n) is 3.18. The van der Waals surface area contributed by atoms with E-state index in [1.54, 1.807) is 0 Å². The predicted octanol–water partition coefficient (Wildman–Crippen LogP) is 1.99. The van der Waals surface area contributed by atoms with Crippen LogP contribution in [0.15, 0.2) is 6.20 Å². The number of halogens is 5. The number of hydrogen-bond donors (Lipinski definition) is 2. The Morgan fingerprint density at radius 1 is 1.35 bits per heavy atom. The molecular weight excluding hydrogens is 247 g/mol. The SMILES string of the molecule is NCc1ncc(CO)c(C(F)F)c1C(F)(F)F. The van der Waals surface area contributed by atoms with Gasteiger partial charge in [-0.25, -0.2) is 8.78 Å². The highest BCUT2D eigenvalue weighted by Gasteiger charge is 2.40. The first kappa shape index (κ1) is 13.8. The number of nitrogens with zero attached hydrogens (tertiary/aromatic N) is 1. The lowest BCUT2D eigenvalue weighted by atomic mass is 10.0. The normalized spacial score (nSPS) is 12.2. The van der Waals surface area contributed by atoms with Gasteiger partial charge in [-0.05, 0) is 0 Å². The Kier molecular flexibility index (Phi) is 3.99. The average molecular weight is 256 g/mol. The van der Waals surface area contributed by atoms with Gasteiger partial charge < -0.3 is 10.8 Å². The Bertz CT molecular complexity index is 405. The summed E-state index contributed by atoms with van der Waals surface area (Å²) in [5.41, 5.74) is 1.02. The minimum absolute atomic E-state index is 0.551. The molecule has 0 spiro atoms. The highest BCUT2D eigenvalue weighted by atomic mass is 19.4. The number of pyridine rings is 1. The first-order valence-corrected chi connectivity index (χ1v) is 4.49. The van der Waals surface area contributed by atoms with Crippen LogP contribution < -0.4 is 5.73 Å². The molecule has 0 aliphatic rings. The summed E-state index contributed by atoms with van der Waals surface area (Å²) in [4.78, 5) is 3.34. The summed E-state index contributed by atoms with van der Waals surface area (Å²) in [5.74, 6) is 0. The Labute approximate surface area is 93.1 Å². The second kappa shape index (κ2) is 4.92. The third-order valence-corrected chi connectivity index (χ3v) is 2.15. The van der Waals surface area contributed by atoms with Crippen molar-refractivity contribution in [3.63, 3.8) is 0 Å². The van der Waals surface area contributed by atoms with Crippen molar-refractivity contribution in [2.45, 2.75) is 25.8 Å². The van der Waals surface area contributed by atoms with Crippen LogP contribution in [0.2, 0.25) is 0 Å². The van der Waals surface area contributed by atoms with E-state index >= 15 is 0 Å². The Morgan fingerprint density at radius 2 is 1.94 bits per heavy atom. The van der Waals surface area contributed by atoms with Crippen molar-refractivity contribution >= 4 is 0 Å². The van der Waals surface area contributed by atoms with Gasteiger partial charge in [0.25, 0.3) is 6.43 Å². The number of nitrogens with two attached hydrogens (primary N) is 1. The predicted molar refractivity (Wildman–Crippen MR) is 48.0 cm³/mol. The van der Waals surface area contributed by atoms with Gasteiger partial charge in [-0.3, -0.25) is 4.98 Å². The largest absolute Gasteiger partial charge is 0.418 e. The summed E-state index contributed by atoms with van der Waals surface area (Å²) < 4.78 is 63.3. The van der Waals surface area contributed by atoms with Crippen molar-refractivity contribution in [2.75, 3.05) is 0 Å². The van der Waals surface area contributed by atoms with E-state index in [0.717, 1.165) is 6.20 Å². The molecule has 0 aliphatic carbocycles. The molecule has 1 aromatic rings. The van der Waals surface area contributed by atoms with E-state index in [1.807, 2.05) is 0 Å². The Hall–Kier alpha value is -1.28. The van der Waals surface area contributed by atoms with Gasteiger partial charge in [0.2, 0.25) is 0 Å².